The summed E-state index contributed by atoms with van der Waals surface area (Å²) in [5.41, 5.74) is 1.45. The van der Waals surface area contributed by atoms with Gasteiger partial charge >= 0.3 is 0 Å². The first-order valence-corrected chi connectivity index (χ1v) is 7.09. The molecule has 0 saturated carbocycles. The highest BCUT2D eigenvalue weighted by atomic mass is 32.1. The summed E-state index contributed by atoms with van der Waals surface area (Å²) in [6.45, 7) is 1.38. The van der Waals surface area contributed by atoms with Crippen molar-refractivity contribution in [3.63, 3.8) is 0 Å². The molecule has 98 valence electrons. The number of nitrogens with zero attached hydrogens (tertiary/aromatic N) is 1. The Morgan fingerprint density at radius 3 is 2.68 bits per heavy atom. The van der Waals surface area contributed by atoms with Crippen molar-refractivity contribution in [1.82, 2.24) is 5.32 Å². The van der Waals surface area contributed by atoms with Crippen molar-refractivity contribution >= 4 is 11.3 Å². The lowest BCUT2D eigenvalue weighted by Crippen LogP contribution is -2.23. The van der Waals surface area contributed by atoms with Crippen LogP contribution >= 0.6 is 11.3 Å². The highest BCUT2D eigenvalue weighted by Gasteiger charge is 2.06. The Balaban J connectivity index is 1.74. The molecule has 1 aromatic carbocycles. The normalized spacial score (nSPS) is 12.0. The van der Waals surface area contributed by atoms with Crippen LogP contribution in [0, 0.1) is 11.3 Å². The van der Waals surface area contributed by atoms with Gasteiger partial charge < -0.3 is 10.4 Å². The Hall–Kier alpha value is -1.67. The predicted molar refractivity (Wildman–Crippen MR) is 77.0 cm³/mol. The van der Waals surface area contributed by atoms with E-state index < -0.39 is 6.10 Å². The van der Waals surface area contributed by atoms with E-state index in [1.807, 2.05) is 6.07 Å². The molecule has 0 saturated heterocycles. The summed E-state index contributed by atoms with van der Waals surface area (Å²) in [7, 11) is 0. The summed E-state index contributed by atoms with van der Waals surface area (Å²) in [6.07, 6.45) is 0.452. The van der Waals surface area contributed by atoms with Crippen LogP contribution in [0.2, 0.25) is 0 Å². The monoisotopic (exact) mass is 272 g/mol. The highest BCUT2D eigenvalue weighted by molar-refractivity contribution is 7.09. The van der Waals surface area contributed by atoms with Crippen molar-refractivity contribution in [2.45, 2.75) is 12.5 Å². The van der Waals surface area contributed by atoms with E-state index in [9.17, 15) is 5.11 Å². The summed E-state index contributed by atoms with van der Waals surface area (Å²) in [5.74, 6) is 0. The van der Waals surface area contributed by atoms with E-state index in [4.69, 9.17) is 5.26 Å². The number of nitrogens with one attached hydrogen (secondary N) is 1. The van der Waals surface area contributed by atoms with Gasteiger partial charge in [-0.2, -0.15) is 5.26 Å². The lowest BCUT2D eigenvalue weighted by molar-refractivity contribution is 0.175. The topological polar surface area (TPSA) is 56.0 Å². The average molecular weight is 272 g/mol. The van der Waals surface area contributed by atoms with Crippen LogP contribution in [0.15, 0.2) is 41.8 Å². The van der Waals surface area contributed by atoms with Crippen molar-refractivity contribution in [3.05, 3.63) is 57.8 Å². The predicted octanol–water partition coefficient (Wildman–Crippen LogP) is 2.49. The van der Waals surface area contributed by atoms with E-state index >= 15 is 0 Å². The standard InChI is InChI=1S/C15H16N2OS/c16-10-12-3-5-13(6-4-12)15(18)11-17-8-7-14-2-1-9-19-14/h1-6,9,15,17-18H,7-8,11H2. The molecule has 0 fully saturated rings. The van der Waals surface area contributed by atoms with E-state index in [1.165, 1.54) is 4.88 Å². The van der Waals surface area contributed by atoms with Gasteiger partial charge in [0.05, 0.1) is 17.7 Å². The first kappa shape index (κ1) is 13.8. The summed E-state index contributed by atoms with van der Waals surface area (Å²) < 4.78 is 0. The van der Waals surface area contributed by atoms with E-state index in [2.05, 4.69) is 22.8 Å². The van der Waals surface area contributed by atoms with Gasteiger partial charge in [-0.3, -0.25) is 0 Å². The van der Waals surface area contributed by atoms with Crippen LogP contribution in [0.3, 0.4) is 0 Å². The molecule has 1 heterocycles. The number of hydrogen-bond acceptors (Lipinski definition) is 4. The van der Waals surface area contributed by atoms with Gasteiger partial charge in [0.15, 0.2) is 0 Å². The maximum atomic E-state index is 10.00. The Kier molecular flexibility index (Phi) is 5.10. The molecule has 0 bridgehead atoms. The third kappa shape index (κ3) is 4.18. The maximum absolute atomic E-state index is 10.00. The number of hydrogen-bond donors (Lipinski definition) is 2. The molecule has 2 N–H and O–H groups in total. The molecular formula is C15H16N2OS. The first-order valence-electron chi connectivity index (χ1n) is 6.21. The third-order valence-electron chi connectivity index (χ3n) is 2.89. The SMILES string of the molecule is N#Cc1ccc(C(O)CNCCc2cccs2)cc1. The highest BCUT2D eigenvalue weighted by Crippen LogP contribution is 2.13. The minimum atomic E-state index is -0.531. The second-order valence-electron chi connectivity index (χ2n) is 4.28. The van der Waals surface area contributed by atoms with Crippen LogP contribution < -0.4 is 5.32 Å². The van der Waals surface area contributed by atoms with Crippen molar-refractivity contribution < 1.29 is 5.11 Å². The molecule has 1 atom stereocenters. The van der Waals surface area contributed by atoms with Crippen LogP contribution in [-0.2, 0) is 6.42 Å². The van der Waals surface area contributed by atoms with E-state index in [0.29, 0.717) is 12.1 Å². The second-order valence-corrected chi connectivity index (χ2v) is 5.32. The van der Waals surface area contributed by atoms with Gasteiger partial charge in [-0.15, -0.1) is 11.3 Å². The molecule has 3 nitrogen and oxygen atoms in total. The molecule has 1 aromatic heterocycles. The van der Waals surface area contributed by atoms with Gasteiger partial charge in [-0.1, -0.05) is 18.2 Å². The van der Waals surface area contributed by atoms with Crippen LogP contribution in [0.5, 0.6) is 0 Å². The van der Waals surface area contributed by atoms with Crippen LogP contribution in [0.1, 0.15) is 22.1 Å². The molecule has 0 spiro atoms. The average Bonchev–Trinajstić information content (AvgIpc) is 2.96. The van der Waals surface area contributed by atoms with Gasteiger partial charge in [0.1, 0.15) is 0 Å². The van der Waals surface area contributed by atoms with Crippen molar-refractivity contribution in [1.29, 1.82) is 5.26 Å². The van der Waals surface area contributed by atoms with Crippen LogP contribution in [0.25, 0.3) is 0 Å². The zero-order valence-electron chi connectivity index (χ0n) is 10.5. The Morgan fingerprint density at radius 2 is 2.05 bits per heavy atom. The third-order valence-corrected chi connectivity index (χ3v) is 3.83. The molecule has 1 unspecified atom stereocenters. The zero-order chi connectivity index (χ0) is 13.5. The van der Waals surface area contributed by atoms with Gasteiger partial charge in [0.2, 0.25) is 0 Å². The summed E-state index contributed by atoms with van der Waals surface area (Å²) in [4.78, 5) is 1.35. The van der Waals surface area contributed by atoms with Crippen LogP contribution in [-0.4, -0.2) is 18.2 Å². The van der Waals surface area contributed by atoms with E-state index in [-0.39, 0.29) is 0 Å². The second kappa shape index (κ2) is 7.05. The number of thiophene rings is 1. The molecule has 2 rings (SSSR count). The fourth-order valence-corrected chi connectivity index (χ4v) is 2.51. The lowest BCUT2D eigenvalue weighted by atomic mass is 10.1. The molecule has 4 heteroatoms. The fraction of sp³-hybridized carbons (Fsp3) is 0.267. The number of aliphatic hydroxyl groups excluding tert-OH is 1. The Bertz CT molecular complexity index is 528. The summed E-state index contributed by atoms with van der Waals surface area (Å²) in [5, 5.41) is 24.0. The number of benzene rings is 1. The molecule has 0 amide bonds. The maximum Gasteiger partial charge on any atom is 0.0991 e. The molecular weight excluding hydrogens is 256 g/mol. The number of rotatable bonds is 6. The molecule has 19 heavy (non-hydrogen) atoms. The molecule has 0 aliphatic carbocycles. The molecule has 0 aliphatic rings. The number of aliphatic hydroxyl groups is 1. The van der Waals surface area contributed by atoms with Crippen molar-refractivity contribution in [3.8, 4) is 6.07 Å². The van der Waals surface area contributed by atoms with Crippen molar-refractivity contribution in [2.75, 3.05) is 13.1 Å². The molecule has 2 aromatic rings. The first-order chi connectivity index (χ1) is 9.29. The minimum absolute atomic E-state index is 0.525. The minimum Gasteiger partial charge on any atom is -0.387 e. The summed E-state index contributed by atoms with van der Waals surface area (Å²) in [6, 6.07) is 13.3. The zero-order valence-corrected chi connectivity index (χ0v) is 11.4. The quantitative estimate of drug-likeness (QED) is 0.794. The lowest BCUT2D eigenvalue weighted by Gasteiger charge is -2.12. The summed E-state index contributed by atoms with van der Waals surface area (Å²) >= 11 is 1.75. The van der Waals surface area contributed by atoms with E-state index in [1.54, 1.807) is 35.6 Å². The van der Waals surface area contributed by atoms with Crippen molar-refractivity contribution in [2.24, 2.45) is 0 Å². The van der Waals surface area contributed by atoms with Gasteiger partial charge in [-0.25, -0.2) is 0 Å². The fourth-order valence-electron chi connectivity index (χ4n) is 1.80. The van der Waals surface area contributed by atoms with Gasteiger partial charge in [0.25, 0.3) is 0 Å². The van der Waals surface area contributed by atoms with Gasteiger partial charge in [-0.05, 0) is 35.6 Å². The van der Waals surface area contributed by atoms with E-state index in [0.717, 1.165) is 18.5 Å². The smallest absolute Gasteiger partial charge is 0.0991 e. The van der Waals surface area contributed by atoms with Crippen LogP contribution in [0.4, 0.5) is 0 Å². The Labute approximate surface area is 117 Å². The number of nitriles is 1. The Morgan fingerprint density at radius 1 is 1.26 bits per heavy atom. The molecule has 0 aliphatic heterocycles. The largest absolute Gasteiger partial charge is 0.387 e. The molecule has 0 radical (unpaired) electrons. The van der Waals surface area contributed by atoms with Gasteiger partial charge in [0, 0.05) is 18.0 Å².